The monoisotopic (exact) mass is 942 g/mol. The Balaban J connectivity index is 0.000000158. The van der Waals surface area contributed by atoms with Crippen LogP contribution in [0.15, 0.2) is 146 Å². The molecule has 20 nitrogen and oxygen atoms in total. The number of rotatable bonds is 13. The molecule has 0 bridgehead atoms. The Kier molecular flexibility index (Phi) is 14.2. The molecule has 0 aliphatic heterocycles. The summed E-state index contributed by atoms with van der Waals surface area (Å²) in [6, 6.07) is 47.4. The van der Waals surface area contributed by atoms with E-state index in [0.29, 0.717) is 71.1 Å². The summed E-state index contributed by atoms with van der Waals surface area (Å²) in [7, 11) is 3.27. The second-order valence-electron chi connectivity index (χ2n) is 15.3. The molecular weight excluding hydrogens is 897 g/mol. The molecule has 0 fully saturated rings. The Morgan fingerprint density at radius 3 is 1.26 bits per heavy atom. The summed E-state index contributed by atoms with van der Waals surface area (Å²) in [5.41, 5.74) is 19.5. The predicted octanol–water partition coefficient (Wildman–Crippen LogP) is 6.22. The molecule has 70 heavy (non-hydrogen) atoms. The summed E-state index contributed by atoms with van der Waals surface area (Å²) in [4.78, 5) is 47.6. The van der Waals surface area contributed by atoms with Gasteiger partial charge in [0.1, 0.15) is 34.2 Å². The van der Waals surface area contributed by atoms with E-state index in [1.54, 1.807) is 23.4 Å². The minimum absolute atomic E-state index is 0.333. The molecule has 6 aromatic carbocycles. The Morgan fingerprint density at radius 1 is 0.514 bits per heavy atom. The van der Waals surface area contributed by atoms with E-state index in [1.807, 2.05) is 121 Å². The fourth-order valence-corrected chi connectivity index (χ4v) is 7.37. The number of ether oxygens (including phenoxy) is 2. The number of fused-ring (bicyclic) bond motifs is 4. The van der Waals surface area contributed by atoms with Crippen LogP contribution in [0.5, 0.6) is 11.5 Å². The molecule has 10 aromatic rings. The molecule has 20 heteroatoms. The fourth-order valence-electron chi connectivity index (χ4n) is 7.37. The summed E-state index contributed by atoms with van der Waals surface area (Å²) >= 11 is 0. The molecule has 10 N–H and O–H groups in total. The fraction of sp³-hybridized carbons (Fsp3) is 0.120. The van der Waals surface area contributed by atoms with E-state index >= 15 is 0 Å². The number of para-hydroxylation sites is 6. The molecule has 0 unspecified atom stereocenters. The smallest absolute Gasteiger partial charge is 0.335 e. The maximum absolute atomic E-state index is 9.77. The van der Waals surface area contributed by atoms with Gasteiger partial charge in [-0.15, -0.1) is 0 Å². The van der Waals surface area contributed by atoms with Crippen LogP contribution in [0.4, 0.5) is 23.5 Å². The first-order valence-electron chi connectivity index (χ1n) is 21.5. The van der Waals surface area contributed by atoms with Gasteiger partial charge in [-0.05, 0) is 59.7 Å². The summed E-state index contributed by atoms with van der Waals surface area (Å²) in [5, 5.41) is 41.2. The van der Waals surface area contributed by atoms with E-state index in [9.17, 15) is 9.59 Å². The molecule has 2 atom stereocenters. The highest BCUT2D eigenvalue weighted by atomic mass is 16.5. The second-order valence-corrected chi connectivity index (χ2v) is 15.3. The van der Waals surface area contributed by atoms with Crippen molar-refractivity contribution in [1.29, 1.82) is 0 Å². The molecule has 10 rings (SSSR count). The minimum Gasteiger partial charge on any atom is -0.494 e. The number of benzene rings is 6. The van der Waals surface area contributed by atoms with Crippen LogP contribution in [0.3, 0.4) is 0 Å². The number of nitrogen functional groups attached to an aromatic ring is 2. The summed E-state index contributed by atoms with van der Waals surface area (Å²) in [6.07, 6.45) is -4.53. The zero-order valence-corrected chi connectivity index (χ0v) is 37.6. The van der Waals surface area contributed by atoms with E-state index in [1.165, 1.54) is 0 Å². The van der Waals surface area contributed by atoms with Gasteiger partial charge in [-0.3, -0.25) is 0 Å². The molecule has 4 aromatic heterocycles. The van der Waals surface area contributed by atoms with Gasteiger partial charge in [-0.25, -0.2) is 38.7 Å². The van der Waals surface area contributed by atoms with Crippen molar-refractivity contribution in [3.8, 4) is 23.4 Å². The minimum atomic E-state index is -2.27. The molecule has 4 heterocycles. The number of nitrogens with two attached hydrogens (primary N) is 2. The molecular formula is C50H46N12O8. The largest absolute Gasteiger partial charge is 0.494 e. The average Bonchev–Trinajstić information content (AvgIpc) is 3.91. The van der Waals surface area contributed by atoms with Crippen molar-refractivity contribution in [1.82, 2.24) is 39.0 Å². The van der Waals surface area contributed by atoms with Gasteiger partial charge in [-0.1, -0.05) is 97.1 Å². The lowest BCUT2D eigenvalue weighted by atomic mass is 10.2. The van der Waals surface area contributed by atoms with Gasteiger partial charge in [-0.2, -0.15) is 9.97 Å². The van der Waals surface area contributed by atoms with E-state index < -0.39 is 24.1 Å². The number of nitrogens with zero attached hydrogens (tertiary/aromatic N) is 8. The number of anilines is 4. The summed E-state index contributed by atoms with van der Waals surface area (Å²) < 4.78 is 14.6. The highest BCUT2D eigenvalue weighted by molar-refractivity contribution is 5.95. The van der Waals surface area contributed by atoms with Crippen molar-refractivity contribution in [2.75, 3.05) is 36.3 Å². The highest BCUT2D eigenvalue weighted by Gasteiger charge is 2.29. The summed E-state index contributed by atoms with van der Waals surface area (Å²) in [5.74, 6) is 0.750. The molecule has 354 valence electrons. The number of aliphatic hydroxyl groups excluding tert-OH is 2. The predicted molar refractivity (Wildman–Crippen MR) is 265 cm³/mol. The molecule has 0 aliphatic rings. The number of aromatic nitrogens is 8. The van der Waals surface area contributed by atoms with Crippen LogP contribution in [0, 0.1) is 0 Å². The van der Waals surface area contributed by atoms with Crippen molar-refractivity contribution in [3.63, 3.8) is 0 Å². The first kappa shape index (κ1) is 47.1. The number of carboxylic acid groups (broad SMARTS) is 2. The number of aliphatic carboxylic acids is 2. The van der Waals surface area contributed by atoms with E-state index in [2.05, 4.69) is 44.9 Å². The average molecular weight is 943 g/mol. The standard InChI is InChI=1S/2C23H20N6O.C4H6O6/c2*1-30-19-13-7-10-16-20(19)27-23(28-21(16)25-14-15-8-3-2-4-9-15)29-18-12-6-5-11-17(18)26-22(29)24;5-1(3(7)8)2(6)4(9)10/h2*2-13H,14H2,1H3,(H2,24,26)(H,25,27,28);1-2,5-6H,(H,7,8)(H,9,10)/t;;1-,2-/m..1/s1. The van der Waals surface area contributed by atoms with Crippen molar-refractivity contribution in [3.05, 3.63) is 157 Å². The third-order valence-corrected chi connectivity index (χ3v) is 10.8. The number of hydrogen-bond acceptors (Lipinski definition) is 16. The normalized spacial score (nSPS) is 11.8. The van der Waals surface area contributed by atoms with Gasteiger partial charge >= 0.3 is 11.9 Å². The number of nitrogens with one attached hydrogen (secondary N) is 2. The quantitative estimate of drug-likeness (QED) is 0.0636. The van der Waals surface area contributed by atoms with Gasteiger partial charge in [0.2, 0.25) is 23.8 Å². The Morgan fingerprint density at radius 2 is 0.886 bits per heavy atom. The molecule has 0 spiro atoms. The van der Waals surface area contributed by atoms with Crippen LogP contribution in [-0.2, 0) is 22.7 Å². The summed E-state index contributed by atoms with van der Waals surface area (Å²) in [6.45, 7) is 1.26. The van der Waals surface area contributed by atoms with Gasteiger partial charge in [0, 0.05) is 23.9 Å². The topological polar surface area (TPSA) is 297 Å². The lowest BCUT2D eigenvalue weighted by Gasteiger charge is -2.14. The van der Waals surface area contributed by atoms with Crippen molar-refractivity contribution < 1.29 is 39.5 Å². The third kappa shape index (κ3) is 10.1. The van der Waals surface area contributed by atoms with Gasteiger partial charge in [0.05, 0.1) is 36.3 Å². The Bertz CT molecular complexity index is 3230. The number of aliphatic hydroxyl groups is 2. The Hall–Kier alpha value is -9.40. The maximum Gasteiger partial charge on any atom is 0.335 e. The van der Waals surface area contributed by atoms with Crippen molar-refractivity contribution >= 4 is 79.3 Å². The zero-order valence-electron chi connectivity index (χ0n) is 37.6. The number of carbonyl (C=O) groups is 2. The zero-order chi connectivity index (χ0) is 49.3. The second kappa shape index (κ2) is 21.1. The van der Waals surface area contributed by atoms with Gasteiger partial charge < -0.3 is 52.0 Å². The van der Waals surface area contributed by atoms with Crippen molar-refractivity contribution in [2.24, 2.45) is 0 Å². The van der Waals surface area contributed by atoms with Gasteiger partial charge in [0.25, 0.3) is 0 Å². The molecule has 0 saturated heterocycles. The maximum atomic E-state index is 9.77. The first-order chi connectivity index (χ1) is 33.9. The molecule has 0 aliphatic carbocycles. The number of methoxy groups -OCH3 is 2. The van der Waals surface area contributed by atoms with Crippen LogP contribution >= 0.6 is 0 Å². The van der Waals surface area contributed by atoms with E-state index in [4.69, 9.17) is 61.3 Å². The van der Waals surface area contributed by atoms with Crippen LogP contribution in [0.1, 0.15) is 11.1 Å². The number of carboxylic acids is 2. The lowest BCUT2D eigenvalue weighted by molar-refractivity contribution is -0.165. The van der Waals surface area contributed by atoms with Crippen LogP contribution in [0.25, 0.3) is 55.8 Å². The molecule has 0 saturated carbocycles. The van der Waals surface area contributed by atoms with Crippen LogP contribution in [0.2, 0.25) is 0 Å². The van der Waals surface area contributed by atoms with Crippen LogP contribution in [-0.4, -0.2) is 97.8 Å². The van der Waals surface area contributed by atoms with Crippen molar-refractivity contribution in [2.45, 2.75) is 25.3 Å². The molecule has 0 amide bonds. The highest BCUT2D eigenvalue weighted by Crippen LogP contribution is 2.33. The van der Waals surface area contributed by atoms with Crippen LogP contribution < -0.4 is 31.6 Å². The first-order valence-corrected chi connectivity index (χ1v) is 21.5. The molecule has 0 radical (unpaired) electrons. The third-order valence-electron chi connectivity index (χ3n) is 10.8. The lowest BCUT2D eigenvalue weighted by Crippen LogP contribution is -2.39. The number of imidazole rings is 2. The van der Waals surface area contributed by atoms with Gasteiger partial charge in [0.15, 0.2) is 12.2 Å². The SMILES string of the molecule is COc1cccc2c(NCc3ccccc3)nc(-n3c(N)nc4ccccc43)nc12.COc1cccc2c(NCc3ccccc3)nc(-n3c(N)nc4ccccc43)nc12.O=C(O)[C@H](O)[C@@H](O)C(=O)O. The van der Waals surface area contributed by atoms with E-state index in [0.717, 1.165) is 44.0 Å². The Labute approximate surface area is 398 Å². The van der Waals surface area contributed by atoms with E-state index in [-0.39, 0.29) is 0 Å². The number of hydrogen-bond donors (Lipinski definition) is 8.